The molecule has 0 spiro atoms. The summed E-state index contributed by atoms with van der Waals surface area (Å²) in [5.74, 6) is 3.91. The molecule has 32 heavy (non-hydrogen) atoms. The fraction of sp³-hybridized carbons (Fsp3) is 0.478. The third kappa shape index (κ3) is 6.97. The van der Waals surface area contributed by atoms with Crippen molar-refractivity contribution >= 4 is 24.8 Å². The van der Waals surface area contributed by atoms with Gasteiger partial charge in [0.05, 0.1) is 14.2 Å². The largest absolute Gasteiger partial charge is 0.496 e. The molecular formula is C23H32Cl2N2O5. The second-order valence-corrected chi connectivity index (χ2v) is 7.54. The number of halogens is 2. The minimum atomic E-state index is 0. The fourth-order valence-electron chi connectivity index (χ4n) is 3.79. The van der Waals surface area contributed by atoms with Gasteiger partial charge in [-0.2, -0.15) is 0 Å². The second kappa shape index (κ2) is 12.8. The summed E-state index contributed by atoms with van der Waals surface area (Å²) in [7, 11) is 3.28. The average molecular weight is 487 g/mol. The molecule has 2 heterocycles. The summed E-state index contributed by atoms with van der Waals surface area (Å²) in [5, 5.41) is 0. The highest BCUT2D eigenvalue weighted by Gasteiger charge is 2.25. The van der Waals surface area contributed by atoms with E-state index < -0.39 is 0 Å². The molecule has 0 aromatic heterocycles. The zero-order valence-electron chi connectivity index (χ0n) is 18.5. The summed E-state index contributed by atoms with van der Waals surface area (Å²) in [6.07, 6.45) is 0.0813. The van der Waals surface area contributed by atoms with E-state index in [2.05, 4.69) is 9.80 Å². The lowest BCUT2D eigenvalue weighted by molar-refractivity contribution is 0.0383. The number of nitrogens with zero attached hydrogens (tertiary/aromatic N) is 2. The summed E-state index contributed by atoms with van der Waals surface area (Å²) >= 11 is 0. The Bertz CT molecular complexity index is 812. The maximum atomic E-state index is 6.09. The van der Waals surface area contributed by atoms with Crippen molar-refractivity contribution in [3.63, 3.8) is 0 Å². The van der Waals surface area contributed by atoms with Crippen LogP contribution < -0.4 is 23.7 Å². The fourth-order valence-corrected chi connectivity index (χ4v) is 3.79. The normalized spacial score (nSPS) is 18.1. The van der Waals surface area contributed by atoms with Crippen molar-refractivity contribution in [2.24, 2.45) is 0 Å². The van der Waals surface area contributed by atoms with E-state index in [-0.39, 0.29) is 30.9 Å². The Morgan fingerprint density at radius 3 is 2.09 bits per heavy atom. The Morgan fingerprint density at radius 2 is 1.44 bits per heavy atom. The van der Waals surface area contributed by atoms with Crippen molar-refractivity contribution in [1.29, 1.82) is 0 Å². The molecule has 0 N–H and O–H groups in total. The zero-order chi connectivity index (χ0) is 20.8. The third-order valence-corrected chi connectivity index (χ3v) is 5.50. The van der Waals surface area contributed by atoms with Crippen molar-refractivity contribution < 1.29 is 23.7 Å². The van der Waals surface area contributed by atoms with Crippen LogP contribution in [0.25, 0.3) is 0 Å². The van der Waals surface area contributed by atoms with Gasteiger partial charge >= 0.3 is 0 Å². The summed E-state index contributed by atoms with van der Waals surface area (Å²) in [4.78, 5) is 4.88. The number of piperazine rings is 1. The SMILES string of the molecule is COc1cc(OC)cc(OCCN2CCN(CC3COc4ccccc4O3)CC2)c1.Cl.Cl. The second-order valence-electron chi connectivity index (χ2n) is 7.54. The maximum Gasteiger partial charge on any atom is 0.161 e. The molecule has 1 unspecified atom stereocenters. The lowest BCUT2D eigenvalue weighted by atomic mass is 10.2. The van der Waals surface area contributed by atoms with Crippen molar-refractivity contribution in [2.45, 2.75) is 6.10 Å². The van der Waals surface area contributed by atoms with Crippen LogP contribution in [0.1, 0.15) is 0 Å². The first-order valence-corrected chi connectivity index (χ1v) is 10.4. The molecule has 2 aromatic carbocycles. The Balaban J connectivity index is 0.00000181. The van der Waals surface area contributed by atoms with Crippen LogP contribution in [0.4, 0.5) is 0 Å². The highest BCUT2D eigenvalue weighted by molar-refractivity contribution is 5.85. The van der Waals surface area contributed by atoms with E-state index in [1.54, 1.807) is 14.2 Å². The number of hydrogen-bond donors (Lipinski definition) is 0. The first-order chi connectivity index (χ1) is 14.7. The van der Waals surface area contributed by atoms with Gasteiger partial charge < -0.3 is 23.7 Å². The van der Waals surface area contributed by atoms with E-state index in [0.29, 0.717) is 13.2 Å². The van der Waals surface area contributed by atoms with Gasteiger partial charge in [0.15, 0.2) is 11.5 Å². The van der Waals surface area contributed by atoms with Gasteiger partial charge in [-0.15, -0.1) is 24.8 Å². The highest BCUT2D eigenvalue weighted by atomic mass is 35.5. The molecule has 1 fully saturated rings. The van der Waals surface area contributed by atoms with Crippen molar-refractivity contribution in [1.82, 2.24) is 9.80 Å². The predicted octanol–water partition coefficient (Wildman–Crippen LogP) is 3.38. The molecule has 178 valence electrons. The van der Waals surface area contributed by atoms with Crippen molar-refractivity contribution in [3.05, 3.63) is 42.5 Å². The third-order valence-electron chi connectivity index (χ3n) is 5.50. The molecule has 0 saturated carbocycles. The van der Waals surface area contributed by atoms with Gasteiger partial charge in [0.25, 0.3) is 0 Å². The predicted molar refractivity (Wildman–Crippen MR) is 129 cm³/mol. The first-order valence-electron chi connectivity index (χ1n) is 10.4. The smallest absolute Gasteiger partial charge is 0.161 e. The van der Waals surface area contributed by atoms with E-state index >= 15 is 0 Å². The van der Waals surface area contributed by atoms with Crippen LogP contribution in [-0.4, -0.2) is 82.6 Å². The van der Waals surface area contributed by atoms with E-state index in [1.165, 1.54) is 0 Å². The summed E-state index contributed by atoms with van der Waals surface area (Å²) < 4.78 is 28.4. The van der Waals surface area contributed by atoms with Crippen LogP contribution in [0.5, 0.6) is 28.7 Å². The molecule has 7 nitrogen and oxygen atoms in total. The molecule has 0 amide bonds. The first kappa shape index (κ1) is 26.2. The lowest BCUT2D eigenvalue weighted by Crippen LogP contribution is -2.51. The monoisotopic (exact) mass is 486 g/mol. The number of rotatable bonds is 8. The van der Waals surface area contributed by atoms with Gasteiger partial charge in [-0.25, -0.2) is 0 Å². The minimum absolute atomic E-state index is 0. The van der Waals surface area contributed by atoms with Crippen LogP contribution in [0.15, 0.2) is 42.5 Å². The van der Waals surface area contributed by atoms with Crippen LogP contribution in [0.3, 0.4) is 0 Å². The van der Waals surface area contributed by atoms with E-state index in [0.717, 1.165) is 68.0 Å². The van der Waals surface area contributed by atoms with Crippen LogP contribution in [0, 0.1) is 0 Å². The highest BCUT2D eigenvalue weighted by Crippen LogP contribution is 2.31. The standard InChI is InChI=1S/C23H30N2O5.2ClH/c1-26-18-13-19(27-2)15-20(14-18)28-12-11-24-7-9-25(10-8-24)16-21-17-29-22-5-3-4-6-23(22)30-21;;/h3-6,13-15,21H,7-12,16-17H2,1-2H3;2*1H. The number of methoxy groups -OCH3 is 2. The van der Waals surface area contributed by atoms with E-state index in [1.807, 2.05) is 42.5 Å². The van der Waals surface area contributed by atoms with Gasteiger partial charge in [-0.3, -0.25) is 9.80 Å². The molecule has 0 bridgehead atoms. The summed E-state index contributed by atoms with van der Waals surface area (Å²) in [6.45, 7) is 7.11. The molecular weight excluding hydrogens is 455 g/mol. The molecule has 2 aliphatic heterocycles. The summed E-state index contributed by atoms with van der Waals surface area (Å²) in [6, 6.07) is 13.5. The van der Waals surface area contributed by atoms with Gasteiger partial charge in [0.1, 0.15) is 36.6 Å². The quantitative estimate of drug-likeness (QED) is 0.566. The molecule has 9 heteroatoms. The number of hydrogen-bond acceptors (Lipinski definition) is 7. The van der Waals surface area contributed by atoms with Crippen molar-refractivity contribution in [2.75, 3.05) is 66.7 Å². The molecule has 2 aromatic rings. The Kier molecular flexibility index (Phi) is 10.5. The summed E-state index contributed by atoms with van der Waals surface area (Å²) in [5.41, 5.74) is 0. The molecule has 4 rings (SSSR count). The Labute approximate surface area is 202 Å². The number of ether oxygens (including phenoxy) is 5. The van der Waals surface area contributed by atoms with Crippen LogP contribution in [0.2, 0.25) is 0 Å². The molecule has 1 atom stereocenters. The molecule has 0 radical (unpaired) electrons. The molecule has 0 aliphatic carbocycles. The Hall–Kier alpha value is -2.06. The molecule has 1 saturated heterocycles. The minimum Gasteiger partial charge on any atom is -0.496 e. The van der Waals surface area contributed by atoms with E-state index in [9.17, 15) is 0 Å². The van der Waals surface area contributed by atoms with E-state index in [4.69, 9.17) is 23.7 Å². The lowest BCUT2D eigenvalue weighted by Gasteiger charge is -2.37. The number of benzene rings is 2. The maximum absolute atomic E-state index is 6.09. The van der Waals surface area contributed by atoms with Gasteiger partial charge in [-0.05, 0) is 12.1 Å². The zero-order valence-corrected chi connectivity index (χ0v) is 20.2. The Morgan fingerprint density at radius 1 is 0.844 bits per heavy atom. The molecule has 2 aliphatic rings. The van der Waals surface area contributed by atoms with Gasteiger partial charge in [0.2, 0.25) is 0 Å². The topological polar surface area (TPSA) is 52.6 Å². The number of para-hydroxylation sites is 2. The van der Waals surface area contributed by atoms with Crippen molar-refractivity contribution in [3.8, 4) is 28.7 Å². The average Bonchev–Trinajstić information content (AvgIpc) is 2.80. The van der Waals surface area contributed by atoms with Gasteiger partial charge in [-0.1, -0.05) is 12.1 Å². The van der Waals surface area contributed by atoms with Gasteiger partial charge in [0, 0.05) is 57.5 Å². The van der Waals surface area contributed by atoms with Crippen LogP contribution in [-0.2, 0) is 0 Å². The van der Waals surface area contributed by atoms with Crippen LogP contribution >= 0.6 is 24.8 Å². The number of fused-ring (bicyclic) bond motifs is 1.